The van der Waals surface area contributed by atoms with Gasteiger partial charge in [-0.3, -0.25) is 4.79 Å². The first-order valence-corrected chi connectivity index (χ1v) is 9.50. The quantitative estimate of drug-likeness (QED) is 0.592. The van der Waals surface area contributed by atoms with Gasteiger partial charge in [-0.05, 0) is 31.2 Å². The number of hydrogen-bond acceptors (Lipinski definition) is 5. The van der Waals surface area contributed by atoms with Crippen LogP contribution in [0.1, 0.15) is 31.2 Å². The molecule has 1 fully saturated rings. The molecule has 1 aliphatic rings. The van der Waals surface area contributed by atoms with Gasteiger partial charge < -0.3 is 25.2 Å². The number of amides is 3. The summed E-state index contributed by atoms with van der Waals surface area (Å²) in [6.45, 7) is 0.912. The number of carbonyl (C=O) groups is 2. The summed E-state index contributed by atoms with van der Waals surface area (Å²) < 4.78 is 0. The highest BCUT2D eigenvalue weighted by molar-refractivity contribution is 6.43. The predicted molar refractivity (Wildman–Crippen MR) is 105 cm³/mol. The van der Waals surface area contributed by atoms with Crippen LogP contribution in [0.5, 0.6) is 0 Å². The third kappa shape index (κ3) is 6.25. The number of benzene rings is 1. The Morgan fingerprint density at radius 3 is 2.71 bits per heavy atom. The lowest BCUT2D eigenvalue weighted by molar-refractivity contribution is -0.134. The van der Waals surface area contributed by atoms with Gasteiger partial charge in [-0.1, -0.05) is 30.3 Å². The molecule has 8 nitrogen and oxygen atoms in total. The monoisotopic (exact) mass is 386 g/mol. The van der Waals surface area contributed by atoms with Crippen LogP contribution in [0.2, 0.25) is 0 Å². The molecule has 1 aromatic rings. The number of hydrogen-bond donors (Lipinski definition) is 3. The maximum Gasteiger partial charge on any atom is 0.475 e. The van der Waals surface area contributed by atoms with Crippen molar-refractivity contribution in [3.63, 3.8) is 0 Å². The minimum Gasteiger partial charge on any atom is -0.426 e. The highest BCUT2D eigenvalue weighted by Crippen LogP contribution is 2.19. The van der Waals surface area contributed by atoms with Crippen molar-refractivity contribution in [2.45, 2.75) is 44.1 Å². The molecule has 3 amide bonds. The first-order chi connectivity index (χ1) is 13.4. The highest BCUT2D eigenvalue weighted by Gasteiger charge is 2.30. The predicted octanol–water partition coefficient (Wildman–Crippen LogP) is 0.546. The molecule has 150 valence electrons. The van der Waals surface area contributed by atoms with Gasteiger partial charge in [-0.15, -0.1) is 0 Å². The van der Waals surface area contributed by atoms with Crippen molar-refractivity contribution in [1.29, 1.82) is 5.26 Å². The van der Waals surface area contributed by atoms with E-state index >= 15 is 0 Å². The Bertz CT molecular complexity index is 695. The zero-order valence-electron chi connectivity index (χ0n) is 16.1. The Balaban J connectivity index is 1.96. The number of urea groups is 1. The van der Waals surface area contributed by atoms with Crippen LogP contribution in [0.4, 0.5) is 4.79 Å². The Morgan fingerprint density at radius 1 is 1.36 bits per heavy atom. The average Bonchev–Trinajstić information content (AvgIpc) is 2.68. The second-order valence-electron chi connectivity index (χ2n) is 7.11. The molecule has 2 unspecified atom stereocenters. The van der Waals surface area contributed by atoms with Crippen molar-refractivity contribution in [2.24, 2.45) is 0 Å². The van der Waals surface area contributed by atoms with Gasteiger partial charge in [0.15, 0.2) is 0 Å². The Morgan fingerprint density at radius 2 is 2.07 bits per heavy atom. The van der Waals surface area contributed by atoms with Crippen molar-refractivity contribution in [3.8, 4) is 6.07 Å². The van der Waals surface area contributed by atoms with Gasteiger partial charge >= 0.3 is 13.1 Å². The van der Waals surface area contributed by atoms with Crippen LogP contribution >= 0.6 is 0 Å². The Hall–Kier alpha value is -2.57. The molecular weight excluding hydrogens is 359 g/mol. The molecule has 0 aromatic heterocycles. The van der Waals surface area contributed by atoms with Crippen LogP contribution in [0.25, 0.3) is 0 Å². The molecule has 9 heteroatoms. The molecule has 1 aliphatic heterocycles. The highest BCUT2D eigenvalue weighted by atomic mass is 16.4. The summed E-state index contributed by atoms with van der Waals surface area (Å²) in [6.07, 6.45) is 2.74. The number of likely N-dealkylation sites (N-methyl/N-ethyl adjacent to an activating group) is 1. The van der Waals surface area contributed by atoms with E-state index in [0.717, 1.165) is 24.8 Å². The second kappa shape index (κ2) is 10.7. The van der Waals surface area contributed by atoms with E-state index in [4.69, 9.17) is 5.26 Å². The van der Waals surface area contributed by atoms with Crippen molar-refractivity contribution < 1.29 is 19.6 Å². The van der Waals surface area contributed by atoms with Crippen LogP contribution in [-0.4, -0.2) is 71.0 Å². The van der Waals surface area contributed by atoms with Crippen LogP contribution in [0.15, 0.2) is 30.3 Å². The number of piperidine rings is 1. The topological polar surface area (TPSA) is 117 Å². The molecule has 2 atom stereocenters. The zero-order chi connectivity index (χ0) is 20.5. The number of nitrogens with zero attached hydrogens (tertiary/aromatic N) is 3. The lowest BCUT2D eigenvalue weighted by atomic mass is 9.76. The Kier molecular flexibility index (Phi) is 8.29. The van der Waals surface area contributed by atoms with Crippen LogP contribution in [0, 0.1) is 11.3 Å². The maximum absolute atomic E-state index is 12.6. The summed E-state index contributed by atoms with van der Waals surface area (Å²) in [5.41, 5.74) is 0.879. The van der Waals surface area contributed by atoms with E-state index < -0.39 is 19.1 Å². The number of nitrogens with one attached hydrogen (secondary N) is 1. The first-order valence-electron chi connectivity index (χ1n) is 9.50. The van der Waals surface area contributed by atoms with E-state index in [1.165, 1.54) is 4.90 Å². The van der Waals surface area contributed by atoms with Gasteiger partial charge in [0, 0.05) is 26.2 Å². The van der Waals surface area contributed by atoms with Crippen molar-refractivity contribution in [2.75, 3.05) is 20.1 Å². The molecule has 0 radical (unpaired) electrons. The lowest BCUT2D eigenvalue weighted by Crippen LogP contribution is -2.55. The van der Waals surface area contributed by atoms with E-state index in [2.05, 4.69) is 5.32 Å². The fraction of sp³-hybridized carbons (Fsp3) is 0.526. The fourth-order valence-corrected chi connectivity index (χ4v) is 3.45. The van der Waals surface area contributed by atoms with Gasteiger partial charge in [0.05, 0.1) is 12.0 Å². The van der Waals surface area contributed by atoms with Crippen molar-refractivity contribution in [3.05, 3.63) is 35.9 Å². The van der Waals surface area contributed by atoms with E-state index in [9.17, 15) is 19.6 Å². The van der Waals surface area contributed by atoms with E-state index in [1.807, 2.05) is 36.4 Å². The number of likely N-dealkylation sites (tertiary alicyclic amines) is 1. The van der Waals surface area contributed by atoms with Crippen LogP contribution < -0.4 is 5.32 Å². The molecule has 1 heterocycles. The average molecular weight is 386 g/mol. The molecule has 0 bridgehead atoms. The minimum absolute atomic E-state index is 0.142. The van der Waals surface area contributed by atoms with Crippen LogP contribution in [-0.2, 0) is 11.2 Å². The van der Waals surface area contributed by atoms with E-state index in [0.29, 0.717) is 13.1 Å². The molecule has 3 N–H and O–H groups in total. The molecule has 0 spiro atoms. The fourth-order valence-electron chi connectivity index (χ4n) is 3.45. The summed E-state index contributed by atoms with van der Waals surface area (Å²) >= 11 is 0. The molecule has 28 heavy (non-hydrogen) atoms. The standard InChI is InChI=1S/C19H27BN4O4/c1-23(14-16-9-5-6-12-24(16)18(25)10-11-21)19(26)22-17(20(27)28)13-15-7-3-2-4-8-15/h2-4,7-8,16-17,27-28H,5-6,9-10,12-14H2,1H3,(H,22,26). The molecule has 0 aliphatic carbocycles. The number of carbonyl (C=O) groups excluding carboxylic acids is 2. The SMILES string of the molecule is CN(CC1CCCCN1C(=O)CC#N)C(=O)NC(Cc1ccccc1)B(O)O. The normalized spacial score (nSPS) is 17.4. The molecule has 1 saturated heterocycles. The third-order valence-electron chi connectivity index (χ3n) is 4.98. The summed E-state index contributed by atoms with van der Waals surface area (Å²) in [5, 5.41) is 30.7. The molecule has 1 aromatic carbocycles. The summed E-state index contributed by atoms with van der Waals surface area (Å²) in [4.78, 5) is 27.8. The number of nitriles is 1. The van der Waals surface area contributed by atoms with Crippen LogP contribution in [0.3, 0.4) is 0 Å². The van der Waals surface area contributed by atoms with Crippen molar-refractivity contribution >= 4 is 19.1 Å². The summed E-state index contributed by atoms with van der Waals surface area (Å²) in [7, 11) is -0.0822. The molecule has 0 saturated carbocycles. The first kappa shape index (κ1) is 21.7. The van der Waals surface area contributed by atoms with Gasteiger partial charge in [-0.25, -0.2) is 4.79 Å². The van der Waals surface area contributed by atoms with E-state index in [1.54, 1.807) is 11.9 Å². The van der Waals surface area contributed by atoms with Gasteiger partial charge in [0.1, 0.15) is 6.42 Å². The smallest absolute Gasteiger partial charge is 0.426 e. The third-order valence-corrected chi connectivity index (χ3v) is 4.98. The summed E-state index contributed by atoms with van der Waals surface area (Å²) in [6, 6.07) is 10.6. The van der Waals surface area contributed by atoms with Crippen molar-refractivity contribution in [1.82, 2.24) is 15.1 Å². The second-order valence-corrected chi connectivity index (χ2v) is 7.11. The van der Waals surface area contributed by atoms with Gasteiger partial charge in [0.25, 0.3) is 0 Å². The minimum atomic E-state index is -1.69. The molecule has 2 rings (SSSR count). The maximum atomic E-state index is 12.6. The summed E-state index contributed by atoms with van der Waals surface area (Å²) in [5.74, 6) is -1.06. The Labute approximate surface area is 165 Å². The lowest BCUT2D eigenvalue weighted by Gasteiger charge is -2.37. The largest absolute Gasteiger partial charge is 0.475 e. The number of rotatable bonds is 7. The zero-order valence-corrected chi connectivity index (χ0v) is 16.1. The molecular formula is C19H27BN4O4. The van der Waals surface area contributed by atoms with Gasteiger partial charge in [-0.2, -0.15) is 5.26 Å². The van der Waals surface area contributed by atoms with E-state index in [-0.39, 0.29) is 24.8 Å². The van der Waals surface area contributed by atoms with Gasteiger partial charge in [0.2, 0.25) is 5.91 Å².